The van der Waals surface area contributed by atoms with Crippen molar-refractivity contribution in [1.29, 1.82) is 0 Å². The van der Waals surface area contributed by atoms with Crippen LogP contribution in [-0.2, 0) is 4.79 Å². The van der Waals surface area contributed by atoms with Gasteiger partial charge in [-0.15, -0.1) is 0 Å². The van der Waals surface area contributed by atoms with Crippen molar-refractivity contribution in [2.45, 2.75) is 26.8 Å². The van der Waals surface area contributed by atoms with Crippen molar-refractivity contribution in [3.8, 4) is 5.75 Å². The van der Waals surface area contributed by atoms with Crippen LogP contribution in [0.15, 0.2) is 18.3 Å². The van der Waals surface area contributed by atoms with E-state index in [0.29, 0.717) is 11.8 Å². The average molecular weight is 344 g/mol. The van der Waals surface area contributed by atoms with Crippen molar-refractivity contribution in [2.24, 2.45) is 0 Å². The van der Waals surface area contributed by atoms with Crippen molar-refractivity contribution in [3.05, 3.63) is 21.9 Å². The molecule has 0 unspecified atom stereocenters. The van der Waals surface area contributed by atoms with E-state index in [2.05, 4.69) is 41.5 Å². The van der Waals surface area contributed by atoms with E-state index in [0.717, 1.165) is 14.5 Å². The van der Waals surface area contributed by atoms with Crippen LogP contribution in [0.3, 0.4) is 0 Å². The number of nitrogens with zero attached hydrogens (tertiary/aromatic N) is 2. The highest BCUT2D eigenvalue weighted by Gasteiger charge is 2.10. The van der Waals surface area contributed by atoms with Crippen LogP contribution in [0.25, 0.3) is 10.9 Å². The summed E-state index contributed by atoms with van der Waals surface area (Å²) in [7, 11) is 0. The molecule has 0 N–H and O–H groups in total. The van der Waals surface area contributed by atoms with E-state index in [-0.39, 0.29) is 5.97 Å². The Kier molecular flexibility index (Phi) is 3.37. The van der Waals surface area contributed by atoms with Crippen LogP contribution in [0.5, 0.6) is 5.75 Å². The SMILES string of the molecule is CC(=O)Oc1cc(I)c2cn(C(C)C)nc2c1. The second kappa shape index (κ2) is 4.64. The van der Waals surface area contributed by atoms with Gasteiger partial charge in [0.2, 0.25) is 0 Å². The van der Waals surface area contributed by atoms with Crippen molar-refractivity contribution in [3.63, 3.8) is 0 Å². The molecule has 90 valence electrons. The minimum Gasteiger partial charge on any atom is -0.427 e. The second-order valence-electron chi connectivity index (χ2n) is 4.13. The molecule has 17 heavy (non-hydrogen) atoms. The number of aromatic nitrogens is 2. The summed E-state index contributed by atoms with van der Waals surface area (Å²) in [6, 6.07) is 3.95. The topological polar surface area (TPSA) is 44.1 Å². The Bertz CT molecular complexity index is 575. The third-order valence-corrected chi connectivity index (χ3v) is 3.25. The fraction of sp³-hybridized carbons (Fsp3) is 0.333. The first-order valence-corrected chi connectivity index (χ1v) is 6.42. The van der Waals surface area contributed by atoms with E-state index < -0.39 is 0 Å². The minimum atomic E-state index is -0.316. The molecule has 5 heteroatoms. The number of carbonyl (C=O) groups excluding carboxylic acids is 1. The second-order valence-corrected chi connectivity index (χ2v) is 5.30. The van der Waals surface area contributed by atoms with Crippen LogP contribution in [-0.4, -0.2) is 15.7 Å². The molecule has 1 aromatic carbocycles. The van der Waals surface area contributed by atoms with Gasteiger partial charge in [-0.2, -0.15) is 5.10 Å². The maximum absolute atomic E-state index is 10.9. The summed E-state index contributed by atoms with van der Waals surface area (Å²) in [6.07, 6.45) is 2.01. The number of carbonyl (C=O) groups is 1. The molecular weight excluding hydrogens is 331 g/mol. The number of hydrogen-bond donors (Lipinski definition) is 0. The standard InChI is InChI=1S/C12H13IN2O2/c1-7(2)15-6-10-11(13)4-9(17-8(3)16)5-12(10)14-15/h4-7H,1-3H3. The summed E-state index contributed by atoms with van der Waals surface area (Å²) in [6.45, 7) is 5.54. The largest absolute Gasteiger partial charge is 0.427 e. The van der Waals surface area contributed by atoms with Crippen molar-refractivity contribution < 1.29 is 9.53 Å². The van der Waals surface area contributed by atoms with Gasteiger partial charge in [0.25, 0.3) is 0 Å². The lowest BCUT2D eigenvalue weighted by Crippen LogP contribution is -2.01. The molecule has 2 rings (SSSR count). The molecule has 0 aliphatic heterocycles. The van der Waals surface area contributed by atoms with Crippen LogP contribution in [0.1, 0.15) is 26.8 Å². The number of hydrogen-bond acceptors (Lipinski definition) is 3. The fourth-order valence-electron chi connectivity index (χ4n) is 1.56. The maximum atomic E-state index is 10.9. The van der Waals surface area contributed by atoms with E-state index in [1.54, 1.807) is 6.07 Å². The number of benzene rings is 1. The van der Waals surface area contributed by atoms with Crippen LogP contribution in [0.4, 0.5) is 0 Å². The molecule has 0 atom stereocenters. The summed E-state index contributed by atoms with van der Waals surface area (Å²) in [5, 5.41) is 5.54. The predicted molar refractivity (Wildman–Crippen MR) is 74.1 cm³/mol. The third-order valence-electron chi connectivity index (χ3n) is 2.36. The molecule has 0 aliphatic rings. The number of rotatable bonds is 2. The van der Waals surface area contributed by atoms with Crippen LogP contribution >= 0.6 is 22.6 Å². The van der Waals surface area contributed by atoms with Crippen molar-refractivity contribution in [1.82, 2.24) is 9.78 Å². The first-order valence-electron chi connectivity index (χ1n) is 5.34. The Hall–Kier alpha value is -1.11. The van der Waals surface area contributed by atoms with E-state index in [1.165, 1.54) is 6.92 Å². The van der Waals surface area contributed by atoms with Gasteiger partial charge in [-0.05, 0) is 42.5 Å². The van der Waals surface area contributed by atoms with Gasteiger partial charge in [-0.3, -0.25) is 9.48 Å². The Morgan fingerprint density at radius 3 is 2.76 bits per heavy atom. The lowest BCUT2D eigenvalue weighted by molar-refractivity contribution is -0.131. The molecule has 0 amide bonds. The first kappa shape index (κ1) is 12.3. The molecule has 0 saturated heterocycles. The molecule has 1 aromatic heterocycles. The molecule has 1 heterocycles. The van der Waals surface area contributed by atoms with Crippen LogP contribution < -0.4 is 4.74 Å². The Morgan fingerprint density at radius 2 is 2.18 bits per heavy atom. The molecule has 0 bridgehead atoms. The van der Waals surface area contributed by atoms with E-state index >= 15 is 0 Å². The van der Waals surface area contributed by atoms with Crippen LogP contribution in [0.2, 0.25) is 0 Å². The average Bonchev–Trinajstić information content (AvgIpc) is 2.60. The highest BCUT2D eigenvalue weighted by Crippen LogP contribution is 2.26. The first-order chi connectivity index (χ1) is 7.97. The fourth-order valence-corrected chi connectivity index (χ4v) is 2.29. The minimum absolute atomic E-state index is 0.315. The molecule has 2 aromatic rings. The highest BCUT2D eigenvalue weighted by molar-refractivity contribution is 14.1. The summed E-state index contributed by atoms with van der Waals surface area (Å²) in [5.41, 5.74) is 0.849. The molecule has 0 aliphatic carbocycles. The molecular formula is C12H13IN2O2. The predicted octanol–water partition coefficient (Wildman–Crippen LogP) is 3.15. The Balaban J connectivity index is 2.53. The Labute approximate surface area is 113 Å². The molecule has 0 spiro atoms. The zero-order valence-electron chi connectivity index (χ0n) is 9.90. The van der Waals surface area contributed by atoms with Gasteiger partial charge >= 0.3 is 5.97 Å². The van der Waals surface area contributed by atoms with Gasteiger partial charge in [0.05, 0.1) is 5.52 Å². The molecule has 0 radical (unpaired) electrons. The number of fused-ring (bicyclic) bond motifs is 1. The molecule has 4 nitrogen and oxygen atoms in total. The summed E-state index contributed by atoms with van der Waals surface area (Å²) in [4.78, 5) is 10.9. The third kappa shape index (κ3) is 2.59. The lowest BCUT2D eigenvalue weighted by atomic mass is 10.2. The monoisotopic (exact) mass is 344 g/mol. The van der Waals surface area contributed by atoms with Gasteiger partial charge in [-0.25, -0.2) is 0 Å². The molecule has 0 fully saturated rings. The number of ether oxygens (including phenoxy) is 1. The molecule has 0 saturated carbocycles. The van der Waals surface area contributed by atoms with E-state index in [1.807, 2.05) is 16.9 Å². The summed E-state index contributed by atoms with van der Waals surface area (Å²) >= 11 is 2.22. The smallest absolute Gasteiger partial charge is 0.308 e. The number of esters is 1. The zero-order valence-corrected chi connectivity index (χ0v) is 12.1. The summed E-state index contributed by atoms with van der Waals surface area (Å²) < 4.78 is 8.02. The van der Waals surface area contributed by atoms with E-state index in [4.69, 9.17) is 4.74 Å². The van der Waals surface area contributed by atoms with Crippen molar-refractivity contribution >= 4 is 39.5 Å². The van der Waals surface area contributed by atoms with Gasteiger partial charge in [0.1, 0.15) is 5.75 Å². The summed E-state index contributed by atoms with van der Waals surface area (Å²) in [5.74, 6) is 0.229. The quantitative estimate of drug-likeness (QED) is 0.478. The van der Waals surface area contributed by atoms with Gasteiger partial charge in [0, 0.05) is 34.2 Å². The van der Waals surface area contributed by atoms with Gasteiger partial charge < -0.3 is 4.74 Å². The normalized spacial score (nSPS) is 11.1. The lowest BCUT2D eigenvalue weighted by Gasteiger charge is -2.02. The highest BCUT2D eigenvalue weighted by atomic mass is 127. The Morgan fingerprint density at radius 1 is 1.47 bits per heavy atom. The number of halogens is 1. The van der Waals surface area contributed by atoms with Crippen molar-refractivity contribution in [2.75, 3.05) is 0 Å². The van der Waals surface area contributed by atoms with Crippen LogP contribution in [0, 0.1) is 3.57 Å². The van der Waals surface area contributed by atoms with E-state index in [9.17, 15) is 4.79 Å². The zero-order chi connectivity index (χ0) is 12.6. The van der Waals surface area contributed by atoms with Gasteiger partial charge in [-0.1, -0.05) is 0 Å². The maximum Gasteiger partial charge on any atom is 0.308 e. The van der Waals surface area contributed by atoms with Gasteiger partial charge in [0.15, 0.2) is 0 Å².